The van der Waals surface area contributed by atoms with Crippen molar-refractivity contribution in [3.05, 3.63) is 239 Å². The molecule has 8 aromatic carbocycles. The van der Waals surface area contributed by atoms with Gasteiger partial charge in [0.1, 0.15) is 24.4 Å². The Kier molecular flexibility index (Phi) is 18.2. The van der Waals surface area contributed by atoms with E-state index >= 15 is 0 Å². The smallest absolute Gasteiger partial charge is 0.261 e. The third-order valence-corrected chi connectivity index (χ3v) is 29.2. The molecule has 1 saturated heterocycles. The third-order valence-electron chi connectivity index (χ3n) is 15.4. The van der Waals surface area contributed by atoms with Crippen molar-refractivity contribution in [2.75, 3.05) is 13.2 Å². The van der Waals surface area contributed by atoms with E-state index in [1.807, 2.05) is 0 Å². The Hall–Kier alpha value is -5.15. The van der Waals surface area contributed by atoms with Crippen LogP contribution in [0.25, 0.3) is 0 Å². The van der Waals surface area contributed by atoms with Gasteiger partial charge in [0.25, 0.3) is 16.6 Å². The highest BCUT2D eigenvalue weighted by Crippen LogP contribution is 2.49. The fraction of sp³-hybridized carbons (Fsp3) is 0.314. The summed E-state index contributed by atoms with van der Waals surface area (Å²) in [5.41, 5.74) is 9.57. The first-order chi connectivity index (χ1) is 37.6. The van der Waals surface area contributed by atoms with Crippen LogP contribution in [0.3, 0.4) is 0 Å². The van der Waals surface area contributed by atoms with E-state index < -0.39 is 57.3 Å². The molecule has 4 atom stereocenters. The molecule has 79 heavy (non-hydrogen) atoms. The molecule has 1 aliphatic heterocycles. The number of ether oxygens (including phenoxy) is 1. The van der Waals surface area contributed by atoms with Crippen molar-refractivity contribution in [1.29, 1.82) is 0 Å². The van der Waals surface area contributed by atoms with Crippen molar-refractivity contribution in [1.82, 2.24) is 0 Å². The minimum Gasteiger partial charge on any atom is -0.405 e. The van der Waals surface area contributed by atoms with Crippen molar-refractivity contribution < 1.29 is 22.6 Å². The number of hydrogen-bond donors (Lipinski definition) is 0. The zero-order valence-corrected chi connectivity index (χ0v) is 52.9. The lowest BCUT2D eigenvalue weighted by Gasteiger charge is -2.44. The maximum atomic E-state index is 8.17. The summed E-state index contributed by atoms with van der Waals surface area (Å²) in [5, 5.41) is 8.90. The topological polar surface area (TPSA) is 46.2 Å². The lowest BCUT2D eigenvalue weighted by atomic mass is 10.1. The molecule has 8 aromatic rings. The van der Waals surface area contributed by atoms with Gasteiger partial charge in [0.15, 0.2) is 0 Å². The molecule has 0 aromatic heterocycles. The number of rotatable bonds is 18. The molecule has 0 bridgehead atoms. The average Bonchev–Trinajstić information content (AvgIpc) is 3.97. The van der Waals surface area contributed by atoms with Crippen LogP contribution < -0.4 is 42.0 Å². The van der Waals surface area contributed by atoms with E-state index in [1.54, 1.807) is 0 Å². The molecule has 0 saturated carbocycles. The fourth-order valence-electron chi connectivity index (χ4n) is 12.3. The zero-order valence-electron chi connectivity index (χ0n) is 49.1. The first kappa shape index (κ1) is 58.5. The van der Waals surface area contributed by atoms with Crippen molar-refractivity contribution in [3.63, 3.8) is 0 Å². The lowest BCUT2D eigenvalue weighted by molar-refractivity contribution is -0.0292. The first-order valence-corrected chi connectivity index (χ1v) is 34.4. The van der Waals surface area contributed by atoms with Crippen LogP contribution in [-0.4, -0.2) is 54.3 Å². The van der Waals surface area contributed by atoms with E-state index in [-0.39, 0.29) is 23.3 Å². The third kappa shape index (κ3) is 12.8. The Morgan fingerprint density at radius 3 is 0.759 bits per heavy atom. The van der Waals surface area contributed by atoms with E-state index in [0.717, 1.165) is 21.2 Å². The van der Waals surface area contributed by atoms with Crippen molar-refractivity contribution in [2.24, 2.45) is 0 Å². The molecular formula is C70H82O5P2Si2. The van der Waals surface area contributed by atoms with Crippen molar-refractivity contribution >= 4 is 74.9 Å². The summed E-state index contributed by atoms with van der Waals surface area (Å²) in [6.07, 6.45) is -2.37. The van der Waals surface area contributed by atoms with Gasteiger partial charge >= 0.3 is 0 Å². The second-order valence-corrected chi connectivity index (χ2v) is 36.6. The molecule has 9 heteroatoms. The number of aryl methyl sites for hydroxylation is 8. The summed E-state index contributed by atoms with van der Waals surface area (Å²) in [6.45, 7) is 32.1. The summed E-state index contributed by atoms with van der Waals surface area (Å²) >= 11 is 0. The van der Waals surface area contributed by atoms with Crippen LogP contribution in [0.2, 0.25) is 10.1 Å². The molecule has 410 valence electrons. The standard InChI is InChI=1S/C70H82O5P2Si2/c1-49-35-50(2)40-57(39-49)76(58-41-51(3)36-52(4)42-58)74-67-65(47-71-78(69(9,10)11,61-27-19-15-20-28-61)62-29-21-16-22-30-62)73-66(48-72-79(70(12,13)14,63-31-23-17-24-32-63)64-33-25-18-26-34-64)68(67)75-77(59-43-53(5)37-54(6)44-59)60-45-55(7)38-56(8)46-60/h15-46,65-68H,47-48H2,1-14H3/t65-,66-,67-,68-/m1/s1. The Bertz CT molecular complexity index is 2840. The summed E-state index contributed by atoms with van der Waals surface area (Å²) in [7, 11) is -9.11. The van der Waals surface area contributed by atoms with Crippen LogP contribution in [0.5, 0.6) is 0 Å². The summed E-state index contributed by atoms with van der Waals surface area (Å²) in [5.74, 6) is 0. The van der Waals surface area contributed by atoms with Gasteiger partial charge in [-0.05, 0) is 135 Å². The predicted octanol–water partition coefficient (Wildman–Crippen LogP) is 13.2. The summed E-state index contributed by atoms with van der Waals surface area (Å²) in [6, 6.07) is 71.3. The van der Waals surface area contributed by atoms with Gasteiger partial charge in [-0.3, -0.25) is 0 Å². The van der Waals surface area contributed by atoms with E-state index in [9.17, 15) is 0 Å². The quantitative estimate of drug-likeness (QED) is 0.0633. The molecule has 0 N–H and O–H groups in total. The maximum Gasteiger partial charge on any atom is 0.261 e. The van der Waals surface area contributed by atoms with E-state index in [2.05, 4.69) is 291 Å². The van der Waals surface area contributed by atoms with Crippen LogP contribution in [0.15, 0.2) is 194 Å². The SMILES string of the molecule is Cc1cc(C)cc(P(O[C@H]2[C@H](OP(c3cc(C)cc(C)c3)c3cc(C)cc(C)c3)[C@@H](CO[Si](c3ccccc3)(c3ccccc3)C(C)(C)C)O[C@@H]2CO[Si](c2ccccc2)(c2ccccc2)C(C)(C)C)c2cc(C)cc(C)c2)c1. The minimum absolute atomic E-state index is 0.265. The Morgan fingerprint density at radius 1 is 0.342 bits per heavy atom. The van der Waals surface area contributed by atoms with Gasteiger partial charge in [-0.15, -0.1) is 0 Å². The van der Waals surface area contributed by atoms with Crippen LogP contribution in [0.1, 0.15) is 86.1 Å². The molecule has 0 spiro atoms. The number of benzene rings is 8. The molecular weight excluding hydrogens is 1040 g/mol. The summed E-state index contributed by atoms with van der Waals surface area (Å²) < 4.78 is 40.2. The Labute approximate surface area is 478 Å². The predicted molar refractivity (Wildman–Crippen MR) is 342 cm³/mol. The molecule has 0 amide bonds. The van der Waals surface area contributed by atoms with Crippen molar-refractivity contribution in [3.8, 4) is 0 Å². The Balaban J connectivity index is 1.29. The first-order valence-electron chi connectivity index (χ1n) is 28.1. The monoisotopic (exact) mass is 1120 g/mol. The van der Waals surface area contributed by atoms with E-state index in [4.69, 9.17) is 22.6 Å². The van der Waals surface area contributed by atoms with Crippen molar-refractivity contribution in [2.45, 2.75) is 131 Å². The van der Waals surface area contributed by atoms with Gasteiger partial charge in [0.2, 0.25) is 0 Å². The van der Waals surface area contributed by atoms with Gasteiger partial charge < -0.3 is 22.6 Å². The molecule has 0 radical (unpaired) electrons. The van der Waals surface area contributed by atoms with E-state index in [1.165, 1.54) is 65.3 Å². The highest BCUT2D eigenvalue weighted by atomic mass is 31.1. The summed E-state index contributed by atoms with van der Waals surface area (Å²) in [4.78, 5) is 0. The minimum atomic E-state index is -3.10. The second-order valence-electron chi connectivity index (χ2n) is 24.3. The lowest BCUT2D eigenvalue weighted by Crippen LogP contribution is -2.67. The van der Waals surface area contributed by atoms with Gasteiger partial charge in [-0.2, -0.15) is 0 Å². The van der Waals surface area contributed by atoms with Crippen LogP contribution >= 0.6 is 16.3 Å². The van der Waals surface area contributed by atoms with Gasteiger partial charge in [0.05, 0.1) is 29.5 Å². The van der Waals surface area contributed by atoms with Crippen LogP contribution in [0.4, 0.5) is 0 Å². The molecule has 0 aliphatic carbocycles. The highest BCUT2D eigenvalue weighted by Gasteiger charge is 2.56. The normalized spacial score (nSPS) is 17.2. The number of hydrogen-bond acceptors (Lipinski definition) is 5. The Morgan fingerprint density at radius 2 is 0.557 bits per heavy atom. The van der Waals surface area contributed by atoms with Gasteiger partial charge in [0, 0.05) is 21.2 Å². The fourth-order valence-corrected chi connectivity index (χ4v) is 26.1. The average molecular weight is 1120 g/mol. The highest BCUT2D eigenvalue weighted by molar-refractivity contribution is 7.69. The van der Waals surface area contributed by atoms with Crippen LogP contribution in [0, 0.1) is 55.4 Å². The molecule has 1 aliphatic rings. The van der Waals surface area contributed by atoms with E-state index in [0.29, 0.717) is 0 Å². The van der Waals surface area contributed by atoms with Crippen LogP contribution in [-0.2, 0) is 22.6 Å². The molecule has 1 heterocycles. The van der Waals surface area contributed by atoms with Gasteiger partial charge in [-0.1, -0.05) is 232 Å². The second kappa shape index (κ2) is 24.5. The molecule has 9 rings (SSSR count). The molecule has 0 unspecified atom stereocenters. The van der Waals surface area contributed by atoms with Gasteiger partial charge in [-0.25, -0.2) is 0 Å². The zero-order chi connectivity index (χ0) is 56.3. The molecule has 5 nitrogen and oxygen atoms in total. The largest absolute Gasteiger partial charge is 0.405 e. The maximum absolute atomic E-state index is 8.17. The molecule has 1 fully saturated rings.